The Morgan fingerprint density at radius 1 is 1.14 bits per heavy atom. The summed E-state index contributed by atoms with van der Waals surface area (Å²) in [5.74, 6) is -0.755. The third-order valence-electron chi connectivity index (χ3n) is 4.26. The number of rotatable bonds is 5. The van der Waals surface area contributed by atoms with Gasteiger partial charge in [0.15, 0.2) is 0 Å². The van der Waals surface area contributed by atoms with Crippen LogP contribution in [0.25, 0.3) is 5.69 Å². The van der Waals surface area contributed by atoms with Crippen molar-refractivity contribution in [3.05, 3.63) is 81.2 Å². The second kappa shape index (κ2) is 7.94. The van der Waals surface area contributed by atoms with Crippen molar-refractivity contribution in [1.29, 1.82) is 5.26 Å². The van der Waals surface area contributed by atoms with Crippen molar-refractivity contribution in [1.82, 2.24) is 9.36 Å². The maximum absolute atomic E-state index is 12.9. The average molecular weight is 394 g/mol. The zero-order chi connectivity index (χ0) is 20.3. The van der Waals surface area contributed by atoms with Crippen molar-refractivity contribution in [3.8, 4) is 11.8 Å². The fourth-order valence-electron chi connectivity index (χ4n) is 2.74. The number of nitrogens with one attached hydrogen (secondary N) is 1. The van der Waals surface area contributed by atoms with E-state index in [0.717, 1.165) is 0 Å². The van der Waals surface area contributed by atoms with Gasteiger partial charge in [0.2, 0.25) is 11.5 Å². The molecule has 8 heteroatoms. The van der Waals surface area contributed by atoms with Crippen molar-refractivity contribution in [2.75, 3.05) is 5.43 Å². The first kappa shape index (κ1) is 19.1. The highest BCUT2D eigenvalue weighted by Crippen LogP contribution is 2.20. The van der Waals surface area contributed by atoms with Crippen molar-refractivity contribution < 1.29 is 4.79 Å². The number of Topliss-reactive ketones (excluding diaryl/α,β-unsaturated/α-hetero) is 1. The highest BCUT2D eigenvalue weighted by atomic mass is 35.5. The molecule has 0 amide bonds. The predicted molar refractivity (Wildman–Crippen MR) is 108 cm³/mol. The number of hydrogen-bond acceptors (Lipinski definition) is 5. The number of aromatic nitrogens is 2. The number of halogens is 1. The van der Waals surface area contributed by atoms with Crippen LogP contribution in [-0.4, -0.2) is 20.9 Å². The molecule has 0 bridgehead atoms. The third kappa shape index (κ3) is 3.46. The summed E-state index contributed by atoms with van der Waals surface area (Å²) in [6, 6.07) is 17.5. The summed E-state index contributed by atoms with van der Waals surface area (Å²) >= 11 is 6.03. The molecule has 0 spiro atoms. The molecule has 140 valence electrons. The number of carbonyl (C=O) groups is 1. The van der Waals surface area contributed by atoms with E-state index in [2.05, 4.69) is 10.5 Å². The van der Waals surface area contributed by atoms with Gasteiger partial charge in [0.25, 0.3) is 5.56 Å². The van der Waals surface area contributed by atoms with E-state index in [1.165, 1.54) is 4.68 Å². The van der Waals surface area contributed by atoms with Crippen LogP contribution in [0.1, 0.15) is 16.1 Å². The minimum absolute atomic E-state index is 0.104. The summed E-state index contributed by atoms with van der Waals surface area (Å²) in [6.07, 6.45) is 0. The van der Waals surface area contributed by atoms with Crippen LogP contribution in [0.5, 0.6) is 0 Å². The number of nitriles is 1. The lowest BCUT2D eigenvalue weighted by Crippen LogP contribution is -2.25. The summed E-state index contributed by atoms with van der Waals surface area (Å²) in [5, 5.41) is 13.6. The van der Waals surface area contributed by atoms with Gasteiger partial charge in [-0.1, -0.05) is 41.9 Å². The van der Waals surface area contributed by atoms with Gasteiger partial charge >= 0.3 is 0 Å². The van der Waals surface area contributed by atoms with Crippen LogP contribution in [0, 0.1) is 18.3 Å². The number of nitrogens with zero attached hydrogens (tertiary/aromatic N) is 4. The van der Waals surface area contributed by atoms with Crippen LogP contribution in [0.15, 0.2) is 64.5 Å². The molecular formula is C20H16ClN5O2. The van der Waals surface area contributed by atoms with Crippen molar-refractivity contribution in [3.63, 3.8) is 0 Å². The van der Waals surface area contributed by atoms with Crippen molar-refractivity contribution in [2.45, 2.75) is 6.92 Å². The Bertz CT molecular complexity index is 1170. The van der Waals surface area contributed by atoms with Crippen molar-refractivity contribution in [2.24, 2.45) is 12.1 Å². The van der Waals surface area contributed by atoms with E-state index >= 15 is 0 Å². The molecule has 1 N–H and O–H groups in total. The van der Waals surface area contributed by atoms with Gasteiger partial charge in [-0.25, -0.2) is 4.68 Å². The summed E-state index contributed by atoms with van der Waals surface area (Å²) in [5.41, 5.74) is 3.03. The molecule has 0 saturated carbocycles. The number of hydrazone groups is 1. The molecule has 0 aliphatic rings. The SMILES string of the molecule is Cc1c(C(=O)C(C#N)=NNc2ccccc2Cl)c(=O)n(-c2ccccc2)n1C. The minimum atomic E-state index is -0.755. The van der Waals surface area contributed by atoms with Crippen molar-refractivity contribution >= 4 is 28.8 Å². The molecule has 7 nitrogen and oxygen atoms in total. The lowest BCUT2D eigenvalue weighted by molar-refractivity contribution is 0.106. The molecule has 0 unspecified atom stereocenters. The summed E-state index contributed by atoms with van der Waals surface area (Å²) in [4.78, 5) is 25.8. The van der Waals surface area contributed by atoms with Gasteiger partial charge in [-0.15, -0.1) is 0 Å². The molecule has 2 aromatic carbocycles. The maximum Gasteiger partial charge on any atom is 0.283 e. The molecule has 3 aromatic rings. The second-order valence-electron chi connectivity index (χ2n) is 5.93. The quantitative estimate of drug-likeness (QED) is 0.409. The molecule has 3 rings (SSSR count). The standard InChI is InChI=1S/C20H16ClN5O2/c1-13-18(20(28)26(25(13)2)14-8-4-3-5-9-14)19(27)17(12-22)24-23-16-11-7-6-10-15(16)21/h3-11,23H,1-2H3. The molecule has 0 aliphatic carbocycles. The molecule has 0 aliphatic heterocycles. The van der Waals surface area contributed by atoms with Crippen LogP contribution >= 0.6 is 11.6 Å². The molecular weight excluding hydrogens is 378 g/mol. The van der Waals surface area contributed by atoms with Gasteiger partial charge in [-0.2, -0.15) is 10.4 Å². The highest BCUT2D eigenvalue weighted by Gasteiger charge is 2.26. The van der Waals surface area contributed by atoms with Gasteiger partial charge in [-0.3, -0.25) is 19.7 Å². The van der Waals surface area contributed by atoms with E-state index in [0.29, 0.717) is 22.1 Å². The zero-order valence-corrected chi connectivity index (χ0v) is 15.9. The number of carbonyl (C=O) groups excluding carboxylic acids is 1. The largest absolute Gasteiger partial charge is 0.286 e. The zero-order valence-electron chi connectivity index (χ0n) is 15.2. The smallest absolute Gasteiger partial charge is 0.283 e. The van der Waals surface area contributed by atoms with Crippen LogP contribution in [0.3, 0.4) is 0 Å². The van der Waals surface area contributed by atoms with E-state index in [4.69, 9.17) is 11.6 Å². The Kier molecular flexibility index (Phi) is 5.43. The van der Waals surface area contributed by atoms with Gasteiger partial charge in [0.05, 0.1) is 16.4 Å². The third-order valence-corrected chi connectivity index (χ3v) is 4.59. The van der Waals surface area contributed by atoms with Crippen LogP contribution in [0.4, 0.5) is 5.69 Å². The Hall–Kier alpha value is -3.63. The van der Waals surface area contributed by atoms with E-state index in [1.807, 2.05) is 6.07 Å². The molecule has 0 radical (unpaired) electrons. The molecule has 0 saturated heterocycles. The average Bonchev–Trinajstić information content (AvgIpc) is 2.92. The summed E-state index contributed by atoms with van der Waals surface area (Å²) in [7, 11) is 1.67. The van der Waals surface area contributed by atoms with E-state index < -0.39 is 17.1 Å². The fourth-order valence-corrected chi connectivity index (χ4v) is 2.92. The number of anilines is 1. The molecule has 1 heterocycles. The molecule has 28 heavy (non-hydrogen) atoms. The Morgan fingerprint density at radius 3 is 2.43 bits per heavy atom. The number of para-hydroxylation sites is 2. The Morgan fingerprint density at radius 2 is 1.79 bits per heavy atom. The second-order valence-corrected chi connectivity index (χ2v) is 6.34. The lowest BCUT2D eigenvalue weighted by Gasteiger charge is -2.07. The van der Waals surface area contributed by atoms with Gasteiger partial charge in [0, 0.05) is 12.7 Å². The summed E-state index contributed by atoms with van der Waals surface area (Å²) < 4.78 is 2.94. The van der Waals surface area contributed by atoms with Gasteiger partial charge < -0.3 is 0 Å². The Balaban J connectivity index is 2.02. The molecule has 0 fully saturated rings. The van der Waals surface area contributed by atoms with Gasteiger partial charge in [0.1, 0.15) is 11.6 Å². The minimum Gasteiger partial charge on any atom is -0.286 e. The predicted octanol–water partition coefficient (Wildman–Crippen LogP) is 3.31. The molecule has 1 aromatic heterocycles. The van der Waals surface area contributed by atoms with E-state index in [-0.39, 0.29) is 5.56 Å². The first-order valence-electron chi connectivity index (χ1n) is 8.32. The van der Waals surface area contributed by atoms with Crippen LogP contribution in [0.2, 0.25) is 5.02 Å². The van der Waals surface area contributed by atoms with E-state index in [9.17, 15) is 14.9 Å². The first-order chi connectivity index (χ1) is 13.5. The summed E-state index contributed by atoms with van der Waals surface area (Å²) in [6.45, 7) is 1.64. The Labute approximate surface area is 166 Å². The highest BCUT2D eigenvalue weighted by molar-refractivity contribution is 6.51. The number of ketones is 1. The van der Waals surface area contributed by atoms with E-state index in [1.54, 1.807) is 73.3 Å². The normalized spacial score (nSPS) is 11.1. The first-order valence-corrected chi connectivity index (χ1v) is 8.70. The number of hydrogen-bond donors (Lipinski definition) is 1. The van der Waals surface area contributed by atoms with Crippen LogP contribution in [-0.2, 0) is 7.05 Å². The van der Waals surface area contributed by atoms with Crippen LogP contribution < -0.4 is 11.0 Å². The molecule has 0 atom stereocenters. The lowest BCUT2D eigenvalue weighted by atomic mass is 10.1. The number of benzene rings is 2. The fraction of sp³-hybridized carbons (Fsp3) is 0.100. The maximum atomic E-state index is 12.9. The van der Waals surface area contributed by atoms with Gasteiger partial charge in [-0.05, 0) is 31.2 Å². The monoisotopic (exact) mass is 393 g/mol. The topological polar surface area (TPSA) is 92.2 Å².